The van der Waals surface area contributed by atoms with Crippen molar-refractivity contribution in [2.45, 2.75) is 18.7 Å². The smallest absolute Gasteiger partial charge is 0.339 e. The Hall–Kier alpha value is -3.65. The van der Waals surface area contributed by atoms with Crippen molar-refractivity contribution in [3.05, 3.63) is 89.5 Å². The van der Waals surface area contributed by atoms with Crippen LogP contribution in [0.2, 0.25) is 0 Å². The van der Waals surface area contributed by atoms with Gasteiger partial charge in [-0.25, -0.2) is 5.43 Å². The van der Waals surface area contributed by atoms with Crippen LogP contribution in [0.3, 0.4) is 0 Å². The molecule has 0 aliphatic heterocycles. The normalized spacial score (nSPS) is 11.3. The van der Waals surface area contributed by atoms with Crippen molar-refractivity contribution in [2.24, 2.45) is 5.10 Å². The third kappa shape index (κ3) is 5.70. The number of aryl methyl sites for hydroxylation is 1. The number of nitrogens with zero attached hydrogens (tertiary/aromatic N) is 1. The van der Waals surface area contributed by atoms with Crippen molar-refractivity contribution in [2.75, 3.05) is 6.61 Å². The number of amides is 1. The second-order valence-corrected chi connectivity index (χ2v) is 8.05. The van der Waals surface area contributed by atoms with E-state index >= 15 is 0 Å². The third-order valence-corrected chi connectivity index (χ3v) is 5.52. The van der Waals surface area contributed by atoms with E-state index in [9.17, 15) is 13.2 Å². The number of hydrogen-bond donors (Lipinski definition) is 1. The van der Waals surface area contributed by atoms with Crippen molar-refractivity contribution in [3.63, 3.8) is 0 Å². The van der Waals surface area contributed by atoms with Crippen LogP contribution in [-0.2, 0) is 10.1 Å². The van der Waals surface area contributed by atoms with Gasteiger partial charge in [-0.2, -0.15) is 13.5 Å². The molecule has 0 unspecified atom stereocenters. The number of carbonyl (C=O) groups excluding carboxylic acids is 1. The largest absolute Gasteiger partial charge is 0.490 e. The first-order valence-corrected chi connectivity index (χ1v) is 11.0. The summed E-state index contributed by atoms with van der Waals surface area (Å²) < 4.78 is 35.8. The van der Waals surface area contributed by atoms with Gasteiger partial charge in [-0.05, 0) is 61.4 Å². The maximum atomic E-state index is 12.5. The van der Waals surface area contributed by atoms with Crippen LogP contribution in [0, 0.1) is 6.92 Å². The lowest BCUT2D eigenvalue weighted by atomic mass is 10.1. The molecule has 1 amide bonds. The molecule has 0 bridgehead atoms. The number of benzene rings is 3. The predicted octanol–water partition coefficient (Wildman–Crippen LogP) is 3.93. The van der Waals surface area contributed by atoms with E-state index in [4.69, 9.17) is 8.92 Å². The standard InChI is InChI=1S/C23H22N2O5S/c1-3-29-22-15-18(16-24-25-23(26)20-12-8-7-9-17(20)2)13-14-21(22)30-31(27,28)19-10-5-4-6-11-19/h4-16H,3H2,1-2H3,(H,25,26)/b24-16-. The van der Waals surface area contributed by atoms with Crippen molar-refractivity contribution in [1.82, 2.24) is 5.43 Å². The number of rotatable bonds is 8. The van der Waals surface area contributed by atoms with Gasteiger partial charge in [0.25, 0.3) is 5.91 Å². The lowest BCUT2D eigenvalue weighted by molar-refractivity contribution is 0.0954. The van der Waals surface area contributed by atoms with Gasteiger partial charge < -0.3 is 8.92 Å². The Bertz CT molecular complexity index is 1190. The van der Waals surface area contributed by atoms with Gasteiger partial charge in [-0.1, -0.05) is 36.4 Å². The first kappa shape index (κ1) is 22.0. The monoisotopic (exact) mass is 438 g/mol. The minimum absolute atomic E-state index is 0.0435. The molecule has 160 valence electrons. The molecule has 8 heteroatoms. The van der Waals surface area contributed by atoms with Gasteiger partial charge in [-0.15, -0.1) is 0 Å². The summed E-state index contributed by atoms with van der Waals surface area (Å²) in [5, 5.41) is 3.97. The fourth-order valence-electron chi connectivity index (χ4n) is 2.75. The quantitative estimate of drug-likeness (QED) is 0.327. The van der Waals surface area contributed by atoms with Gasteiger partial charge in [-0.3, -0.25) is 4.79 Å². The highest BCUT2D eigenvalue weighted by molar-refractivity contribution is 7.87. The first-order chi connectivity index (χ1) is 14.9. The molecule has 7 nitrogen and oxygen atoms in total. The number of hydrogen-bond acceptors (Lipinski definition) is 6. The zero-order chi connectivity index (χ0) is 22.3. The molecule has 1 N–H and O–H groups in total. The van der Waals surface area contributed by atoms with E-state index < -0.39 is 10.1 Å². The maximum Gasteiger partial charge on any atom is 0.339 e. The van der Waals surface area contributed by atoms with E-state index in [0.29, 0.717) is 17.7 Å². The molecule has 0 aliphatic rings. The summed E-state index contributed by atoms with van der Waals surface area (Å²) in [6.07, 6.45) is 1.44. The summed E-state index contributed by atoms with van der Waals surface area (Å²) in [6.45, 7) is 3.93. The Morgan fingerprint density at radius 1 is 1.00 bits per heavy atom. The fraction of sp³-hybridized carbons (Fsp3) is 0.130. The summed E-state index contributed by atoms with van der Waals surface area (Å²) >= 11 is 0. The van der Waals surface area contributed by atoms with E-state index in [1.165, 1.54) is 24.4 Å². The van der Waals surface area contributed by atoms with Gasteiger partial charge in [0.05, 0.1) is 12.8 Å². The van der Waals surface area contributed by atoms with Crippen LogP contribution >= 0.6 is 0 Å². The third-order valence-electron chi connectivity index (χ3n) is 4.27. The number of ether oxygens (including phenoxy) is 1. The average Bonchev–Trinajstić information content (AvgIpc) is 2.76. The van der Waals surface area contributed by atoms with Crippen LogP contribution in [0.5, 0.6) is 11.5 Å². The van der Waals surface area contributed by atoms with E-state index in [-0.39, 0.29) is 22.3 Å². The zero-order valence-electron chi connectivity index (χ0n) is 17.1. The molecular weight excluding hydrogens is 416 g/mol. The molecule has 3 aromatic rings. The van der Waals surface area contributed by atoms with Gasteiger partial charge in [0, 0.05) is 5.56 Å². The van der Waals surface area contributed by atoms with Crippen molar-refractivity contribution in [3.8, 4) is 11.5 Å². The molecule has 3 aromatic carbocycles. The summed E-state index contributed by atoms with van der Waals surface area (Å²) in [7, 11) is -4.00. The summed E-state index contributed by atoms with van der Waals surface area (Å²) in [6, 6.07) is 19.7. The van der Waals surface area contributed by atoms with Gasteiger partial charge in [0.2, 0.25) is 0 Å². The Morgan fingerprint density at radius 3 is 2.42 bits per heavy atom. The minimum Gasteiger partial charge on any atom is -0.490 e. The van der Waals surface area contributed by atoms with Crippen molar-refractivity contribution >= 4 is 22.2 Å². The molecule has 3 rings (SSSR count). The molecule has 0 atom stereocenters. The van der Waals surface area contributed by atoms with Crippen molar-refractivity contribution in [1.29, 1.82) is 0 Å². The highest BCUT2D eigenvalue weighted by Gasteiger charge is 2.19. The lowest BCUT2D eigenvalue weighted by Gasteiger charge is -2.12. The summed E-state index contributed by atoms with van der Waals surface area (Å²) in [4.78, 5) is 12.3. The molecule has 0 radical (unpaired) electrons. The van der Waals surface area contributed by atoms with E-state index in [1.807, 2.05) is 19.1 Å². The molecule has 31 heavy (non-hydrogen) atoms. The molecular formula is C23H22N2O5S. The van der Waals surface area contributed by atoms with Crippen LogP contribution in [-0.4, -0.2) is 27.1 Å². The fourth-order valence-corrected chi connectivity index (χ4v) is 3.71. The minimum atomic E-state index is -4.00. The van der Waals surface area contributed by atoms with Crippen LogP contribution in [0.15, 0.2) is 82.8 Å². The summed E-state index contributed by atoms with van der Waals surface area (Å²) in [5.41, 5.74) is 4.45. The Balaban J connectivity index is 1.76. The number of nitrogens with one attached hydrogen (secondary N) is 1. The predicted molar refractivity (Wildman–Crippen MR) is 118 cm³/mol. The topological polar surface area (TPSA) is 94.1 Å². The SMILES string of the molecule is CCOc1cc(/C=N\NC(=O)c2ccccc2C)ccc1OS(=O)(=O)c1ccccc1. The van der Waals surface area contributed by atoms with Crippen LogP contribution in [0.25, 0.3) is 0 Å². The number of hydrazone groups is 1. The molecule has 0 saturated carbocycles. The van der Waals surface area contributed by atoms with E-state index in [2.05, 4.69) is 10.5 Å². The molecule has 0 saturated heterocycles. The van der Waals surface area contributed by atoms with Gasteiger partial charge in [0.1, 0.15) is 4.90 Å². The maximum absolute atomic E-state index is 12.5. The second-order valence-electron chi connectivity index (χ2n) is 6.50. The van der Waals surface area contributed by atoms with Crippen LogP contribution in [0.1, 0.15) is 28.4 Å². The van der Waals surface area contributed by atoms with Gasteiger partial charge in [0.15, 0.2) is 11.5 Å². The van der Waals surface area contributed by atoms with Gasteiger partial charge >= 0.3 is 10.1 Å². The van der Waals surface area contributed by atoms with E-state index in [1.54, 1.807) is 49.4 Å². The Morgan fingerprint density at radius 2 is 1.71 bits per heavy atom. The summed E-state index contributed by atoms with van der Waals surface area (Å²) in [5.74, 6) is -0.0173. The molecule has 0 spiro atoms. The molecule has 0 aromatic heterocycles. The Kier molecular flexibility index (Phi) is 7.04. The number of carbonyl (C=O) groups is 1. The van der Waals surface area contributed by atoms with Crippen LogP contribution < -0.4 is 14.3 Å². The second kappa shape index (κ2) is 9.90. The molecule has 0 aliphatic carbocycles. The zero-order valence-corrected chi connectivity index (χ0v) is 17.9. The molecule has 0 heterocycles. The lowest BCUT2D eigenvalue weighted by Crippen LogP contribution is -2.18. The van der Waals surface area contributed by atoms with Crippen molar-refractivity contribution < 1.29 is 22.1 Å². The molecule has 0 fully saturated rings. The highest BCUT2D eigenvalue weighted by atomic mass is 32.2. The first-order valence-electron chi connectivity index (χ1n) is 9.56. The average molecular weight is 439 g/mol. The van der Waals surface area contributed by atoms with Crippen LogP contribution in [0.4, 0.5) is 0 Å². The highest BCUT2D eigenvalue weighted by Crippen LogP contribution is 2.30. The van der Waals surface area contributed by atoms with E-state index in [0.717, 1.165) is 5.56 Å². The Labute approximate surface area is 181 Å².